The first-order valence-electron chi connectivity index (χ1n) is 8.33. The fraction of sp³-hybridized carbons (Fsp3) is 0.444. The van der Waals surface area contributed by atoms with Crippen molar-refractivity contribution >= 4 is 17.5 Å². The molecule has 1 aliphatic heterocycles. The summed E-state index contributed by atoms with van der Waals surface area (Å²) in [6, 6.07) is 7.56. The Balaban J connectivity index is 1.93. The van der Waals surface area contributed by atoms with E-state index >= 15 is 0 Å². The quantitative estimate of drug-likeness (QED) is 0.849. The molecule has 4 nitrogen and oxygen atoms in total. The lowest BCUT2D eigenvalue weighted by Gasteiger charge is -2.20. The Hall–Kier alpha value is -1.81. The number of likely N-dealkylation sites (tertiary alicyclic amines) is 1. The average molecular weight is 332 g/mol. The summed E-state index contributed by atoms with van der Waals surface area (Å²) in [4.78, 5) is 14.9. The van der Waals surface area contributed by atoms with Gasteiger partial charge in [0.15, 0.2) is 0 Å². The van der Waals surface area contributed by atoms with Crippen LogP contribution in [0.1, 0.15) is 48.7 Å². The van der Waals surface area contributed by atoms with Crippen LogP contribution < -0.4 is 0 Å². The second kappa shape index (κ2) is 7.18. The summed E-state index contributed by atoms with van der Waals surface area (Å²) in [6.07, 6.45) is 7.07. The lowest BCUT2D eigenvalue weighted by atomic mass is 10.1. The van der Waals surface area contributed by atoms with Crippen LogP contribution in [0.3, 0.4) is 0 Å². The molecule has 1 aliphatic rings. The predicted molar refractivity (Wildman–Crippen MR) is 92.3 cm³/mol. The van der Waals surface area contributed by atoms with E-state index in [1.54, 1.807) is 6.20 Å². The largest absolute Gasteiger partial charge is 0.339 e. The van der Waals surface area contributed by atoms with E-state index < -0.39 is 0 Å². The van der Waals surface area contributed by atoms with Gasteiger partial charge in [-0.15, -0.1) is 0 Å². The van der Waals surface area contributed by atoms with E-state index in [0.29, 0.717) is 5.02 Å². The third-order valence-corrected chi connectivity index (χ3v) is 4.62. The zero-order chi connectivity index (χ0) is 16.2. The van der Waals surface area contributed by atoms with Gasteiger partial charge in [-0.1, -0.05) is 37.4 Å². The molecule has 0 unspecified atom stereocenters. The number of halogens is 1. The van der Waals surface area contributed by atoms with Crippen molar-refractivity contribution in [2.45, 2.75) is 39.0 Å². The molecule has 1 aromatic carbocycles. The molecule has 2 heterocycles. The number of nitrogens with zero attached hydrogens (tertiary/aromatic N) is 3. The SMILES string of the molecule is CCc1c(C(=O)N2CCCCCC2)cnn1-c1cccc(Cl)c1. The van der Waals surface area contributed by atoms with Crippen LogP contribution in [0.5, 0.6) is 0 Å². The van der Waals surface area contributed by atoms with E-state index in [2.05, 4.69) is 12.0 Å². The van der Waals surface area contributed by atoms with Crippen molar-refractivity contribution in [3.8, 4) is 5.69 Å². The third-order valence-electron chi connectivity index (χ3n) is 4.38. The Labute approximate surface area is 142 Å². The van der Waals surface area contributed by atoms with Crippen LogP contribution in [0, 0.1) is 0 Å². The zero-order valence-corrected chi connectivity index (χ0v) is 14.2. The van der Waals surface area contributed by atoms with E-state index in [1.165, 1.54) is 12.8 Å². The molecular formula is C18H22ClN3O. The smallest absolute Gasteiger partial charge is 0.257 e. The minimum atomic E-state index is 0.108. The van der Waals surface area contributed by atoms with Gasteiger partial charge in [-0.25, -0.2) is 4.68 Å². The highest BCUT2D eigenvalue weighted by atomic mass is 35.5. The summed E-state index contributed by atoms with van der Waals surface area (Å²) < 4.78 is 1.83. The second-order valence-corrected chi connectivity index (χ2v) is 6.39. The fourth-order valence-electron chi connectivity index (χ4n) is 3.17. The van der Waals surface area contributed by atoms with Crippen molar-refractivity contribution < 1.29 is 4.79 Å². The predicted octanol–water partition coefficient (Wildman–Crippen LogP) is 4.10. The van der Waals surface area contributed by atoms with Crippen LogP contribution >= 0.6 is 11.6 Å². The lowest BCUT2D eigenvalue weighted by molar-refractivity contribution is 0.0760. The summed E-state index contributed by atoms with van der Waals surface area (Å²) >= 11 is 6.08. The number of hydrogen-bond acceptors (Lipinski definition) is 2. The maximum atomic E-state index is 12.9. The first-order valence-corrected chi connectivity index (χ1v) is 8.70. The number of hydrogen-bond donors (Lipinski definition) is 0. The maximum Gasteiger partial charge on any atom is 0.257 e. The first-order chi connectivity index (χ1) is 11.2. The van der Waals surface area contributed by atoms with Crippen LogP contribution in [0.15, 0.2) is 30.5 Å². The Kier molecular flexibility index (Phi) is 5.01. The molecule has 122 valence electrons. The van der Waals surface area contributed by atoms with Gasteiger partial charge in [-0.2, -0.15) is 5.10 Å². The van der Waals surface area contributed by atoms with Gasteiger partial charge in [-0.3, -0.25) is 4.79 Å². The fourth-order valence-corrected chi connectivity index (χ4v) is 3.35. The molecule has 0 aliphatic carbocycles. The monoisotopic (exact) mass is 331 g/mol. The molecular weight excluding hydrogens is 310 g/mol. The van der Waals surface area contributed by atoms with Gasteiger partial charge in [0.05, 0.1) is 23.1 Å². The van der Waals surface area contributed by atoms with E-state index in [9.17, 15) is 4.79 Å². The summed E-state index contributed by atoms with van der Waals surface area (Å²) in [7, 11) is 0. The molecule has 1 saturated heterocycles. The molecule has 23 heavy (non-hydrogen) atoms. The molecule has 0 N–H and O–H groups in total. The second-order valence-electron chi connectivity index (χ2n) is 5.96. The number of rotatable bonds is 3. The molecule has 1 fully saturated rings. The minimum Gasteiger partial charge on any atom is -0.339 e. The summed E-state index contributed by atoms with van der Waals surface area (Å²) in [5.74, 6) is 0.108. The van der Waals surface area contributed by atoms with Crippen molar-refractivity contribution in [1.29, 1.82) is 0 Å². The van der Waals surface area contributed by atoms with Crippen molar-refractivity contribution in [2.75, 3.05) is 13.1 Å². The highest BCUT2D eigenvalue weighted by molar-refractivity contribution is 6.30. The van der Waals surface area contributed by atoms with E-state index in [1.807, 2.05) is 33.8 Å². The van der Waals surface area contributed by atoms with Gasteiger partial charge in [-0.05, 0) is 37.5 Å². The molecule has 1 amide bonds. The molecule has 0 saturated carbocycles. The summed E-state index contributed by atoms with van der Waals surface area (Å²) in [5.41, 5.74) is 2.56. The molecule has 0 spiro atoms. The molecule has 1 aromatic heterocycles. The van der Waals surface area contributed by atoms with Crippen molar-refractivity contribution in [2.24, 2.45) is 0 Å². The molecule has 0 bridgehead atoms. The summed E-state index contributed by atoms with van der Waals surface area (Å²) in [6.45, 7) is 3.76. The topological polar surface area (TPSA) is 38.1 Å². The highest BCUT2D eigenvalue weighted by Crippen LogP contribution is 2.21. The van der Waals surface area contributed by atoms with Crippen LogP contribution in [-0.4, -0.2) is 33.7 Å². The van der Waals surface area contributed by atoms with Crippen LogP contribution in [0.4, 0.5) is 0 Å². The number of carbonyl (C=O) groups is 1. The van der Waals surface area contributed by atoms with Crippen LogP contribution in [0.2, 0.25) is 5.02 Å². The van der Waals surface area contributed by atoms with Crippen molar-refractivity contribution in [3.63, 3.8) is 0 Å². The van der Waals surface area contributed by atoms with Gasteiger partial charge < -0.3 is 4.90 Å². The highest BCUT2D eigenvalue weighted by Gasteiger charge is 2.23. The van der Waals surface area contributed by atoms with Crippen molar-refractivity contribution in [1.82, 2.24) is 14.7 Å². The Morgan fingerprint density at radius 1 is 1.22 bits per heavy atom. The lowest BCUT2D eigenvalue weighted by Crippen LogP contribution is -2.32. The van der Waals surface area contributed by atoms with E-state index in [-0.39, 0.29) is 5.91 Å². The first kappa shape index (κ1) is 16.1. The van der Waals surface area contributed by atoms with E-state index in [0.717, 1.165) is 49.3 Å². The number of amides is 1. The van der Waals surface area contributed by atoms with Gasteiger partial charge in [0.25, 0.3) is 5.91 Å². The van der Waals surface area contributed by atoms with Crippen molar-refractivity contribution in [3.05, 3.63) is 46.7 Å². The normalized spacial score (nSPS) is 15.5. The molecule has 5 heteroatoms. The van der Waals surface area contributed by atoms with Gasteiger partial charge >= 0.3 is 0 Å². The van der Waals surface area contributed by atoms with E-state index in [4.69, 9.17) is 11.6 Å². The standard InChI is InChI=1S/C18H22ClN3O/c1-2-17-16(18(23)21-10-5-3-4-6-11-21)13-20-22(17)15-9-7-8-14(19)12-15/h7-9,12-13H,2-6,10-11H2,1H3. The van der Waals surface area contributed by atoms with Gasteiger partial charge in [0.1, 0.15) is 0 Å². The average Bonchev–Trinajstić information content (AvgIpc) is 2.80. The Bertz CT molecular complexity index is 687. The summed E-state index contributed by atoms with van der Waals surface area (Å²) in [5, 5.41) is 5.12. The minimum absolute atomic E-state index is 0.108. The molecule has 0 radical (unpaired) electrons. The van der Waals surface area contributed by atoms with Gasteiger partial charge in [0, 0.05) is 18.1 Å². The van der Waals surface area contributed by atoms with Gasteiger partial charge in [0.2, 0.25) is 0 Å². The number of benzene rings is 1. The molecule has 3 rings (SSSR count). The van der Waals surface area contributed by atoms with Crippen LogP contribution in [0.25, 0.3) is 5.69 Å². The maximum absolute atomic E-state index is 12.9. The molecule has 2 aromatic rings. The Morgan fingerprint density at radius 3 is 2.61 bits per heavy atom. The molecule has 0 atom stereocenters. The third kappa shape index (κ3) is 3.42. The van der Waals surface area contributed by atoms with Crippen LogP contribution in [-0.2, 0) is 6.42 Å². The zero-order valence-electron chi connectivity index (χ0n) is 13.5. The Morgan fingerprint density at radius 2 is 1.96 bits per heavy atom. The number of aromatic nitrogens is 2. The number of carbonyl (C=O) groups excluding carboxylic acids is 1.